The maximum absolute atomic E-state index is 9.81. The number of aliphatic hydroxyl groups excluding tert-OH is 1. The molecule has 1 aliphatic heterocycles. The van der Waals surface area contributed by atoms with Crippen molar-refractivity contribution in [3.63, 3.8) is 0 Å². The number of rotatable bonds is 3. The summed E-state index contributed by atoms with van der Waals surface area (Å²) >= 11 is 2.05. The standard InChI is InChI=1S/C15H23NOS/c1-4-15(17)13-5-7-14(8-6-13)16-9-10-18-12(3)11(16)2/h5-8,11-12,15,17H,4,9-10H2,1-3H3/t11?,12?,15-/m0/s1. The molecule has 1 aliphatic rings. The van der Waals surface area contributed by atoms with Crippen LogP contribution in [0.1, 0.15) is 38.9 Å². The summed E-state index contributed by atoms with van der Waals surface area (Å²) in [7, 11) is 0. The predicted octanol–water partition coefficient (Wildman–Crippen LogP) is 3.46. The molecular formula is C15H23NOS. The van der Waals surface area contributed by atoms with Crippen LogP contribution in [0.2, 0.25) is 0 Å². The van der Waals surface area contributed by atoms with Crippen LogP contribution in [0, 0.1) is 0 Å². The molecule has 1 aromatic carbocycles. The summed E-state index contributed by atoms with van der Waals surface area (Å²) in [4.78, 5) is 2.48. The highest BCUT2D eigenvalue weighted by Gasteiger charge is 2.25. The van der Waals surface area contributed by atoms with E-state index in [1.165, 1.54) is 11.4 Å². The van der Waals surface area contributed by atoms with Gasteiger partial charge in [0.05, 0.1) is 6.10 Å². The van der Waals surface area contributed by atoms with Crippen LogP contribution in [0.3, 0.4) is 0 Å². The van der Waals surface area contributed by atoms with E-state index >= 15 is 0 Å². The summed E-state index contributed by atoms with van der Waals surface area (Å²) in [5.74, 6) is 1.20. The van der Waals surface area contributed by atoms with Crippen molar-refractivity contribution in [1.29, 1.82) is 0 Å². The largest absolute Gasteiger partial charge is 0.388 e. The Morgan fingerprint density at radius 2 is 2.00 bits per heavy atom. The van der Waals surface area contributed by atoms with Gasteiger partial charge in [0.2, 0.25) is 0 Å². The number of aliphatic hydroxyl groups is 1. The monoisotopic (exact) mass is 265 g/mol. The van der Waals surface area contributed by atoms with Crippen LogP contribution < -0.4 is 4.90 Å². The zero-order chi connectivity index (χ0) is 13.1. The molecule has 1 heterocycles. The fourth-order valence-corrected chi connectivity index (χ4v) is 3.52. The van der Waals surface area contributed by atoms with Crippen molar-refractivity contribution in [2.24, 2.45) is 0 Å². The Balaban J connectivity index is 2.13. The molecule has 0 bridgehead atoms. The maximum atomic E-state index is 9.81. The summed E-state index contributed by atoms with van der Waals surface area (Å²) in [5.41, 5.74) is 2.30. The average molecular weight is 265 g/mol. The van der Waals surface area contributed by atoms with E-state index in [0.717, 1.165) is 18.5 Å². The molecule has 0 aliphatic carbocycles. The second-order valence-corrected chi connectivity index (χ2v) is 6.51. The van der Waals surface area contributed by atoms with Crippen molar-refractivity contribution >= 4 is 17.4 Å². The first kappa shape index (κ1) is 13.8. The molecule has 0 saturated carbocycles. The molecule has 100 valence electrons. The van der Waals surface area contributed by atoms with E-state index in [-0.39, 0.29) is 6.10 Å². The molecule has 18 heavy (non-hydrogen) atoms. The minimum Gasteiger partial charge on any atom is -0.388 e. The summed E-state index contributed by atoms with van der Waals surface area (Å²) < 4.78 is 0. The molecule has 1 N–H and O–H groups in total. The van der Waals surface area contributed by atoms with Crippen molar-refractivity contribution < 1.29 is 5.11 Å². The Hall–Kier alpha value is -0.670. The van der Waals surface area contributed by atoms with Crippen molar-refractivity contribution in [2.45, 2.75) is 44.6 Å². The van der Waals surface area contributed by atoms with Gasteiger partial charge in [0, 0.05) is 29.3 Å². The number of nitrogens with zero attached hydrogens (tertiary/aromatic N) is 1. The highest BCUT2D eigenvalue weighted by molar-refractivity contribution is 8.00. The topological polar surface area (TPSA) is 23.5 Å². The van der Waals surface area contributed by atoms with Gasteiger partial charge in [0.15, 0.2) is 0 Å². The molecule has 0 aromatic heterocycles. The van der Waals surface area contributed by atoms with Gasteiger partial charge in [-0.15, -0.1) is 0 Å². The second kappa shape index (κ2) is 5.98. The SMILES string of the molecule is CC[C@H](O)c1ccc(N2CCSC(C)C2C)cc1. The van der Waals surface area contributed by atoms with Gasteiger partial charge in [-0.05, 0) is 31.0 Å². The summed E-state index contributed by atoms with van der Waals surface area (Å²) in [5, 5.41) is 10.5. The highest BCUT2D eigenvalue weighted by Crippen LogP contribution is 2.29. The zero-order valence-corrected chi connectivity index (χ0v) is 12.3. The molecule has 1 saturated heterocycles. The number of thioether (sulfide) groups is 1. The first-order valence-electron chi connectivity index (χ1n) is 6.79. The van der Waals surface area contributed by atoms with Crippen molar-refractivity contribution in [3.05, 3.63) is 29.8 Å². The van der Waals surface area contributed by atoms with Gasteiger partial charge in [-0.3, -0.25) is 0 Å². The summed E-state index contributed by atoms with van der Waals surface area (Å²) in [6, 6.07) is 8.98. The Kier molecular flexibility index (Phi) is 4.57. The third-order valence-corrected chi connectivity index (χ3v) is 5.22. The van der Waals surface area contributed by atoms with Crippen LogP contribution in [0.4, 0.5) is 5.69 Å². The van der Waals surface area contributed by atoms with E-state index in [9.17, 15) is 5.11 Å². The Labute approximate surface area is 114 Å². The summed E-state index contributed by atoms with van der Waals surface area (Å²) in [6.07, 6.45) is 0.444. The lowest BCUT2D eigenvalue weighted by molar-refractivity contribution is 0.173. The molecular weight excluding hydrogens is 242 g/mol. The quantitative estimate of drug-likeness (QED) is 0.905. The van der Waals surface area contributed by atoms with Gasteiger partial charge in [-0.2, -0.15) is 11.8 Å². The van der Waals surface area contributed by atoms with Crippen molar-refractivity contribution in [1.82, 2.24) is 0 Å². The Morgan fingerprint density at radius 1 is 1.33 bits per heavy atom. The lowest BCUT2D eigenvalue weighted by Gasteiger charge is -2.39. The third kappa shape index (κ3) is 2.83. The van der Waals surface area contributed by atoms with Gasteiger partial charge >= 0.3 is 0 Å². The molecule has 3 atom stereocenters. The number of anilines is 1. The lowest BCUT2D eigenvalue weighted by Crippen LogP contribution is -2.44. The van der Waals surface area contributed by atoms with E-state index < -0.39 is 0 Å². The van der Waals surface area contributed by atoms with Crippen LogP contribution in [0.25, 0.3) is 0 Å². The Morgan fingerprint density at radius 3 is 2.61 bits per heavy atom. The average Bonchev–Trinajstić information content (AvgIpc) is 2.41. The van der Waals surface area contributed by atoms with E-state index in [0.29, 0.717) is 11.3 Å². The number of hydrogen-bond acceptors (Lipinski definition) is 3. The molecule has 0 radical (unpaired) electrons. The number of hydrogen-bond donors (Lipinski definition) is 1. The molecule has 2 unspecified atom stereocenters. The Bertz CT molecular complexity index is 379. The van der Waals surface area contributed by atoms with E-state index in [1.807, 2.05) is 6.92 Å². The molecule has 0 spiro atoms. The predicted molar refractivity (Wildman–Crippen MR) is 80.4 cm³/mol. The third-order valence-electron chi connectivity index (χ3n) is 3.88. The molecule has 3 heteroatoms. The maximum Gasteiger partial charge on any atom is 0.0787 e. The van der Waals surface area contributed by atoms with Crippen molar-refractivity contribution in [2.75, 3.05) is 17.2 Å². The van der Waals surface area contributed by atoms with E-state index in [2.05, 4.69) is 54.8 Å². The van der Waals surface area contributed by atoms with Crippen LogP contribution in [-0.2, 0) is 0 Å². The minimum atomic E-state index is -0.327. The molecule has 2 nitrogen and oxygen atoms in total. The fraction of sp³-hybridized carbons (Fsp3) is 0.600. The summed E-state index contributed by atoms with van der Waals surface area (Å²) in [6.45, 7) is 7.72. The van der Waals surface area contributed by atoms with Crippen molar-refractivity contribution in [3.8, 4) is 0 Å². The van der Waals surface area contributed by atoms with Crippen LogP contribution in [0.15, 0.2) is 24.3 Å². The van der Waals surface area contributed by atoms with E-state index in [4.69, 9.17) is 0 Å². The first-order valence-corrected chi connectivity index (χ1v) is 7.84. The van der Waals surface area contributed by atoms with Crippen LogP contribution in [0.5, 0.6) is 0 Å². The molecule has 1 fully saturated rings. The van der Waals surface area contributed by atoms with Gasteiger partial charge in [0.25, 0.3) is 0 Å². The number of benzene rings is 1. The van der Waals surface area contributed by atoms with Gasteiger partial charge in [-0.25, -0.2) is 0 Å². The normalized spacial score (nSPS) is 26.1. The second-order valence-electron chi connectivity index (χ2n) is 5.03. The van der Waals surface area contributed by atoms with Gasteiger partial charge < -0.3 is 10.0 Å². The van der Waals surface area contributed by atoms with Crippen LogP contribution in [-0.4, -0.2) is 28.7 Å². The molecule has 0 amide bonds. The first-order chi connectivity index (χ1) is 8.63. The van der Waals surface area contributed by atoms with Gasteiger partial charge in [0.1, 0.15) is 0 Å². The van der Waals surface area contributed by atoms with Gasteiger partial charge in [-0.1, -0.05) is 26.0 Å². The zero-order valence-electron chi connectivity index (χ0n) is 11.5. The fourth-order valence-electron chi connectivity index (χ4n) is 2.42. The van der Waals surface area contributed by atoms with E-state index in [1.54, 1.807) is 0 Å². The smallest absolute Gasteiger partial charge is 0.0787 e. The molecule has 1 aromatic rings. The van der Waals surface area contributed by atoms with Crippen LogP contribution >= 0.6 is 11.8 Å². The minimum absolute atomic E-state index is 0.327. The highest BCUT2D eigenvalue weighted by atomic mass is 32.2. The lowest BCUT2D eigenvalue weighted by atomic mass is 10.1. The molecule has 2 rings (SSSR count).